The van der Waals surface area contributed by atoms with Crippen molar-refractivity contribution in [3.63, 3.8) is 0 Å². The molecular formula is C16H32ClN3O2. The zero-order chi connectivity index (χ0) is 15.3. The molecule has 2 N–H and O–H groups in total. The molecule has 2 fully saturated rings. The van der Waals surface area contributed by atoms with Gasteiger partial charge in [-0.25, -0.2) is 0 Å². The normalized spacial score (nSPS) is 26.1. The number of ether oxygens (including phenoxy) is 1. The number of carbonyl (C=O) groups is 1. The van der Waals surface area contributed by atoms with Crippen LogP contribution in [0, 0.1) is 5.92 Å². The van der Waals surface area contributed by atoms with Crippen LogP contribution < -0.4 is 5.73 Å². The molecule has 0 saturated carbocycles. The van der Waals surface area contributed by atoms with Gasteiger partial charge in [-0.05, 0) is 32.1 Å². The molecule has 22 heavy (non-hydrogen) atoms. The van der Waals surface area contributed by atoms with Crippen LogP contribution in [0.15, 0.2) is 0 Å². The fourth-order valence-corrected chi connectivity index (χ4v) is 3.53. The lowest BCUT2D eigenvalue weighted by Gasteiger charge is -2.39. The number of rotatable bonds is 5. The van der Waals surface area contributed by atoms with Gasteiger partial charge in [0.05, 0.1) is 18.8 Å². The van der Waals surface area contributed by atoms with Crippen molar-refractivity contribution in [1.82, 2.24) is 9.80 Å². The Bertz CT molecular complexity index is 346. The summed E-state index contributed by atoms with van der Waals surface area (Å²) in [7, 11) is 0. The van der Waals surface area contributed by atoms with Gasteiger partial charge in [-0.15, -0.1) is 12.4 Å². The van der Waals surface area contributed by atoms with Crippen LogP contribution >= 0.6 is 12.4 Å². The molecule has 0 aromatic carbocycles. The Hall–Kier alpha value is -0.360. The molecule has 0 aromatic rings. The Kier molecular flexibility index (Phi) is 8.11. The Morgan fingerprint density at radius 2 is 2.00 bits per heavy atom. The molecular weight excluding hydrogens is 302 g/mol. The van der Waals surface area contributed by atoms with Crippen molar-refractivity contribution < 1.29 is 9.53 Å². The maximum Gasteiger partial charge on any atom is 0.242 e. The van der Waals surface area contributed by atoms with Gasteiger partial charge in [0.15, 0.2) is 0 Å². The van der Waals surface area contributed by atoms with E-state index in [1.807, 2.05) is 11.8 Å². The third-order valence-corrected chi connectivity index (χ3v) is 4.68. The van der Waals surface area contributed by atoms with E-state index in [4.69, 9.17) is 10.5 Å². The SMILES string of the molecule is CCCC(C)(N)C(=O)N1CCCC(CN2CCOCC2)C1.Cl. The highest BCUT2D eigenvalue weighted by Gasteiger charge is 2.34. The summed E-state index contributed by atoms with van der Waals surface area (Å²) in [4.78, 5) is 17.1. The third kappa shape index (κ3) is 5.37. The van der Waals surface area contributed by atoms with Gasteiger partial charge >= 0.3 is 0 Å². The van der Waals surface area contributed by atoms with Crippen LogP contribution in [0.25, 0.3) is 0 Å². The highest BCUT2D eigenvalue weighted by molar-refractivity contribution is 5.86. The van der Waals surface area contributed by atoms with Gasteiger partial charge in [-0.3, -0.25) is 9.69 Å². The van der Waals surface area contributed by atoms with E-state index in [2.05, 4.69) is 11.8 Å². The second-order valence-electron chi connectivity index (χ2n) is 6.84. The van der Waals surface area contributed by atoms with Gasteiger partial charge in [0.2, 0.25) is 5.91 Å². The van der Waals surface area contributed by atoms with E-state index < -0.39 is 5.54 Å². The van der Waals surface area contributed by atoms with Crippen molar-refractivity contribution in [2.24, 2.45) is 11.7 Å². The molecule has 130 valence electrons. The van der Waals surface area contributed by atoms with Gasteiger partial charge in [-0.2, -0.15) is 0 Å². The molecule has 2 rings (SSSR count). The molecule has 2 unspecified atom stereocenters. The minimum Gasteiger partial charge on any atom is -0.379 e. The molecule has 0 radical (unpaired) electrons. The number of halogens is 1. The number of nitrogens with two attached hydrogens (primary N) is 1. The van der Waals surface area contributed by atoms with E-state index in [0.717, 1.165) is 65.2 Å². The van der Waals surface area contributed by atoms with Gasteiger partial charge in [0.1, 0.15) is 0 Å². The van der Waals surface area contributed by atoms with E-state index in [1.165, 1.54) is 6.42 Å². The quantitative estimate of drug-likeness (QED) is 0.828. The van der Waals surface area contributed by atoms with E-state index in [9.17, 15) is 4.79 Å². The predicted octanol–water partition coefficient (Wildman–Crippen LogP) is 1.50. The minimum absolute atomic E-state index is 0. The summed E-state index contributed by atoms with van der Waals surface area (Å²) in [6.45, 7) is 10.5. The number of piperidine rings is 1. The monoisotopic (exact) mass is 333 g/mol. The van der Waals surface area contributed by atoms with Gasteiger partial charge < -0.3 is 15.4 Å². The average molecular weight is 334 g/mol. The summed E-state index contributed by atoms with van der Waals surface area (Å²) in [5, 5.41) is 0. The van der Waals surface area contributed by atoms with Crippen LogP contribution in [0.5, 0.6) is 0 Å². The van der Waals surface area contributed by atoms with Crippen molar-refractivity contribution in [2.45, 2.75) is 45.1 Å². The fourth-order valence-electron chi connectivity index (χ4n) is 3.53. The van der Waals surface area contributed by atoms with Gasteiger partial charge in [0.25, 0.3) is 0 Å². The molecule has 2 aliphatic heterocycles. The average Bonchev–Trinajstić information content (AvgIpc) is 2.48. The highest BCUT2D eigenvalue weighted by Crippen LogP contribution is 2.22. The summed E-state index contributed by atoms with van der Waals surface area (Å²) in [6.07, 6.45) is 4.03. The molecule has 0 bridgehead atoms. The smallest absolute Gasteiger partial charge is 0.242 e. The lowest BCUT2D eigenvalue weighted by Crippen LogP contribution is -2.56. The summed E-state index contributed by atoms with van der Waals surface area (Å²) < 4.78 is 5.40. The third-order valence-electron chi connectivity index (χ3n) is 4.68. The highest BCUT2D eigenvalue weighted by atomic mass is 35.5. The van der Waals surface area contributed by atoms with E-state index in [1.54, 1.807) is 0 Å². The zero-order valence-electron chi connectivity index (χ0n) is 14.1. The van der Waals surface area contributed by atoms with E-state index in [-0.39, 0.29) is 18.3 Å². The van der Waals surface area contributed by atoms with Crippen molar-refractivity contribution >= 4 is 18.3 Å². The lowest BCUT2D eigenvalue weighted by atomic mass is 9.92. The first kappa shape index (κ1) is 19.7. The number of amides is 1. The van der Waals surface area contributed by atoms with E-state index in [0.29, 0.717) is 5.92 Å². The Morgan fingerprint density at radius 3 is 2.64 bits per heavy atom. The lowest BCUT2D eigenvalue weighted by molar-refractivity contribution is -0.138. The number of morpholine rings is 1. The first-order chi connectivity index (χ1) is 10.0. The van der Waals surface area contributed by atoms with E-state index >= 15 is 0 Å². The van der Waals surface area contributed by atoms with Crippen LogP contribution in [-0.4, -0.2) is 67.2 Å². The summed E-state index contributed by atoms with van der Waals surface area (Å²) in [6, 6.07) is 0. The molecule has 5 nitrogen and oxygen atoms in total. The topological polar surface area (TPSA) is 58.8 Å². The Labute approximate surface area is 140 Å². The van der Waals surface area contributed by atoms with Crippen LogP contribution in [0.1, 0.15) is 39.5 Å². The van der Waals surface area contributed by atoms with Crippen LogP contribution in [-0.2, 0) is 9.53 Å². The van der Waals surface area contributed by atoms with Crippen LogP contribution in [0.2, 0.25) is 0 Å². The molecule has 1 amide bonds. The molecule has 2 atom stereocenters. The summed E-state index contributed by atoms with van der Waals surface area (Å²) >= 11 is 0. The molecule has 0 aliphatic carbocycles. The second kappa shape index (κ2) is 9.06. The van der Waals surface area contributed by atoms with Gasteiger partial charge in [0, 0.05) is 32.7 Å². The zero-order valence-corrected chi connectivity index (χ0v) is 14.9. The van der Waals surface area contributed by atoms with Crippen molar-refractivity contribution in [3.8, 4) is 0 Å². The molecule has 6 heteroatoms. The van der Waals surface area contributed by atoms with Crippen molar-refractivity contribution in [1.29, 1.82) is 0 Å². The molecule has 0 aromatic heterocycles. The number of hydrogen-bond donors (Lipinski definition) is 1. The predicted molar refractivity (Wildman–Crippen MR) is 91.3 cm³/mol. The number of carbonyl (C=O) groups excluding carboxylic acids is 1. The van der Waals surface area contributed by atoms with Crippen LogP contribution in [0.3, 0.4) is 0 Å². The van der Waals surface area contributed by atoms with Crippen molar-refractivity contribution in [2.75, 3.05) is 45.9 Å². The number of likely N-dealkylation sites (tertiary alicyclic amines) is 1. The number of hydrogen-bond acceptors (Lipinski definition) is 4. The van der Waals surface area contributed by atoms with Crippen LogP contribution in [0.4, 0.5) is 0 Å². The molecule has 2 aliphatic rings. The summed E-state index contributed by atoms with van der Waals surface area (Å²) in [5.41, 5.74) is 5.51. The first-order valence-corrected chi connectivity index (χ1v) is 8.41. The molecule has 2 heterocycles. The Morgan fingerprint density at radius 1 is 1.32 bits per heavy atom. The second-order valence-corrected chi connectivity index (χ2v) is 6.84. The number of nitrogens with zero attached hydrogens (tertiary/aromatic N) is 2. The van der Waals surface area contributed by atoms with Gasteiger partial charge in [-0.1, -0.05) is 13.3 Å². The Balaban J connectivity index is 0.00000242. The molecule has 0 spiro atoms. The minimum atomic E-state index is -0.699. The maximum absolute atomic E-state index is 12.6. The first-order valence-electron chi connectivity index (χ1n) is 8.41. The standard InChI is InChI=1S/C16H31N3O2.ClH/c1-3-6-16(2,17)15(20)19-7-4-5-14(13-19)12-18-8-10-21-11-9-18;/h14H,3-13,17H2,1-2H3;1H. The largest absolute Gasteiger partial charge is 0.379 e. The molecule has 2 saturated heterocycles. The summed E-state index contributed by atoms with van der Waals surface area (Å²) in [5.74, 6) is 0.717. The fraction of sp³-hybridized carbons (Fsp3) is 0.938. The maximum atomic E-state index is 12.6. The van der Waals surface area contributed by atoms with Crippen molar-refractivity contribution in [3.05, 3.63) is 0 Å².